The van der Waals surface area contributed by atoms with Crippen molar-refractivity contribution in [2.75, 3.05) is 13.2 Å². The van der Waals surface area contributed by atoms with Gasteiger partial charge in [-0.15, -0.1) is 0 Å². The summed E-state index contributed by atoms with van der Waals surface area (Å²) in [5, 5.41) is 3.31. The molecule has 1 aromatic heterocycles. The number of carbonyl (C=O) groups excluding carboxylic acids is 1. The Labute approximate surface area is 96.0 Å². The van der Waals surface area contributed by atoms with Gasteiger partial charge < -0.3 is 14.5 Å². The number of furan rings is 1. The number of esters is 1. The molecule has 4 heteroatoms. The first-order chi connectivity index (χ1) is 7.74. The molecule has 1 heterocycles. The van der Waals surface area contributed by atoms with Crippen LogP contribution in [-0.4, -0.2) is 19.1 Å². The van der Waals surface area contributed by atoms with Crippen LogP contribution in [0.1, 0.15) is 38.3 Å². The second-order valence-electron chi connectivity index (χ2n) is 3.64. The van der Waals surface area contributed by atoms with E-state index < -0.39 is 0 Å². The summed E-state index contributed by atoms with van der Waals surface area (Å²) in [6.45, 7) is 5.13. The Hall–Kier alpha value is -1.29. The maximum atomic E-state index is 11.1. The van der Waals surface area contributed by atoms with E-state index in [1.54, 1.807) is 12.5 Å². The number of nitrogens with one attached hydrogen (secondary N) is 1. The highest BCUT2D eigenvalue weighted by atomic mass is 16.5. The van der Waals surface area contributed by atoms with Gasteiger partial charge in [0.2, 0.25) is 0 Å². The summed E-state index contributed by atoms with van der Waals surface area (Å²) >= 11 is 0. The van der Waals surface area contributed by atoms with Gasteiger partial charge in [0.1, 0.15) is 0 Å². The van der Waals surface area contributed by atoms with Crippen LogP contribution in [-0.2, 0) is 9.53 Å². The van der Waals surface area contributed by atoms with Gasteiger partial charge in [0.05, 0.1) is 19.1 Å². The molecule has 0 saturated heterocycles. The lowest BCUT2D eigenvalue weighted by Crippen LogP contribution is -2.20. The molecule has 4 nitrogen and oxygen atoms in total. The number of hydrogen-bond acceptors (Lipinski definition) is 4. The highest BCUT2D eigenvalue weighted by Gasteiger charge is 2.06. The third-order valence-electron chi connectivity index (χ3n) is 2.36. The van der Waals surface area contributed by atoms with Gasteiger partial charge in [-0.1, -0.05) is 0 Å². The Morgan fingerprint density at radius 1 is 1.62 bits per heavy atom. The molecule has 0 saturated carbocycles. The maximum absolute atomic E-state index is 11.1. The zero-order chi connectivity index (χ0) is 11.8. The van der Waals surface area contributed by atoms with Crippen molar-refractivity contribution in [3.8, 4) is 0 Å². The van der Waals surface area contributed by atoms with Crippen molar-refractivity contribution in [2.45, 2.75) is 32.7 Å². The van der Waals surface area contributed by atoms with Crippen molar-refractivity contribution in [1.29, 1.82) is 0 Å². The van der Waals surface area contributed by atoms with E-state index in [-0.39, 0.29) is 12.0 Å². The largest absolute Gasteiger partial charge is 0.472 e. The molecular weight excluding hydrogens is 206 g/mol. The normalized spacial score (nSPS) is 12.4. The number of carbonyl (C=O) groups is 1. The predicted molar refractivity (Wildman–Crippen MR) is 61.0 cm³/mol. The quantitative estimate of drug-likeness (QED) is 0.571. The minimum Gasteiger partial charge on any atom is -0.472 e. The maximum Gasteiger partial charge on any atom is 0.305 e. The molecule has 90 valence electrons. The van der Waals surface area contributed by atoms with Crippen LogP contribution in [0.15, 0.2) is 23.0 Å². The summed E-state index contributed by atoms with van der Waals surface area (Å²) in [6.07, 6.45) is 4.65. The minimum atomic E-state index is -0.125. The standard InChI is InChI=1S/C12H19NO3/c1-3-16-12(14)5-4-7-13-10(2)11-6-8-15-9-11/h6,8-10,13H,3-5,7H2,1-2H3. The van der Waals surface area contributed by atoms with Crippen LogP contribution in [0.4, 0.5) is 0 Å². The van der Waals surface area contributed by atoms with Gasteiger partial charge >= 0.3 is 5.97 Å². The summed E-state index contributed by atoms with van der Waals surface area (Å²) in [4.78, 5) is 11.1. The van der Waals surface area contributed by atoms with E-state index in [4.69, 9.17) is 9.15 Å². The molecule has 0 radical (unpaired) electrons. The zero-order valence-electron chi connectivity index (χ0n) is 9.86. The second kappa shape index (κ2) is 7.06. The van der Waals surface area contributed by atoms with Crippen LogP contribution < -0.4 is 5.32 Å². The van der Waals surface area contributed by atoms with Gasteiger partial charge in [0, 0.05) is 18.0 Å². The van der Waals surface area contributed by atoms with E-state index in [1.807, 2.05) is 13.0 Å². The molecule has 0 aliphatic carbocycles. The summed E-state index contributed by atoms with van der Waals surface area (Å²) < 4.78 is 9.84. The topological polar surface area (TPSA) is 51.5 Å². The number of hydrogen-bond donors (Lipinski definition) is 1. The molecular formula is C12H19NO3. The van der Waals surface area contributed by atoms with Crippen molar-refractivity contribution < 1.29 is 13.9 Å². The average molecular weight is 225 g/mol. The molecule has 1 atom stereocenters. The molecule has 1 aromatic rings. The fourth-order valence-corrected chi connectivity index (χ4v) is 1.42. The Kier molecular flexibility index (Phi) is 5.64. The fraction of sp³-hybridized carbons (Fsp3) is 0.583. The van der Waals surface area contributed by atoms with Crippen molar-refractivity contribution in [3.63, 3.8) is 0 Å². The van der Waals surface area contributed by atoms with E-state index >= 15 is 0 Å². The van der Waals surface area contributed by atoms with Crippen LogP contribution in [0.5, 0.6) is 0 Å². The highest BCUT2D eigenvalue weighted by molar-refractivity contribution is 5.69. The molecule has 1 unspecified atom stereocenters. The van der Waals surface area contributed by atoms with Gasteiger partial charge in [-0.05, 0) is 32.9 Å². The predicted octanol–water partition coefficient (Wildman–Crippen LogP) is 2.27. The summed E-state index contributed by atoms with van der Waals surface area (Å²) in [7, 11) is 0. The lowest BCUT2D eigenvalue weighted by molar-refractivity contribution is -0.143. The third kappa shape index (κ3) is 4.49. The van der Waals surface area contributed by atoms with E-state index in [2.05, 4.69) is 12.2 Å². The van der Waals surface area contributed by atoms with Crippen LogP contribution in [0, 0.1) is 0 Å². The van der Waals surface area contributed by atoms with E-state index in [0.29, 0.717) is 13.0 Å². The van der Waals surface area contributed by atoms with E-state index in [9.17, 15) is 4.79 Å². The van der Waals surface area contributed by atoms with Gasteiger partial charge in [0.25, 0.3) is 0 Å². The molecule has 1 rings (SSSR count). The van der Waals surface area contributed by atoms with Crippen molar-refractivity contribution >= 4 is 5.97 Å². The second-order valence-corrected chi connectivity index (χ2v) is 3.64. The zero-order valence-corrected chi connectivity index (χ0v) is 9.86. The number of rotatable bonds is 7. The van der Waals surface area contributed by atoms with Gasteiger partial charge in [-0.3, -0.25) is 4.79 Å². The van der Waals surface area contributed by atoms with E-state index in [1.165, 1.54) is 0 Å². The average Bonchev–Trinajstić information content (AvgIpc) is 2.78. The van der Waals surface area contributed by atoms with Gasteiger partial charge in [-0.2, -0.15) is 0 Å². The lowest BCUT2D eigenvalue weighted by atomic mass is 10.2. The molecule has 0 aliphatic heterocycles. The van der Waals surface area contributed by atoms with Crippen LogP contribution in [0.3, 0.4) is 0 Å². The fourth-order valence-electron chi connectivity index (χ4n) is 1.42. The molecule has 0 aliphatic rings. The summed E-state index contributed by atoms with van der Waals surface area (Å²) in [5.74, 6) is -0.125. The van der Waals surface area contributed by atoms with Crippen LogP contribution in [0.2, 0.25) is 0 Å². The molecule has 0 aromatic carbocycles. The van der Waals surface area contributed by atoms with Gasteiger partial charge in [-0.25, -0.2) is 0 Å². The third-order valence-corrected chi connectivity index (χ3v) is 2.36. The Bertz CT molecular complexity index is 295. The smallest absolute Gasteiger partial charge is 0.305 e. The molecule has 0 bridgehead atoms. The van der Waals surface area contributed by atoms with Crippen molar-refractivity contribution in [2.24, 2.45) is 0 Å². The summed E-state index contributed by atoms with van der Waals surface area (Å²) in [6, 6.07) is 2.18. The molecule has 1 N–H and O–H groups in total. The lowest BCUT2D eigenvalue weighted by Gasteiger charge is -2.11. The first-order valence-electron chi connectivity index (χ1n) is 5.65. The van der Waals surface area contributed by atoms with Crippen molar-refractivity contribution in [3.05, 3.63) is 24.2 Å². The monoisotopic (exact) mass is 225 g/mol. The summed E-state index contributed by atoms with van der Waals surface area (Å²) in [5.41, 5.74) is 1.12. The van der Waals surface area contributed by atoms with Crippen molar-refractivity contribution in [1.82, 2.24) is 5.32 Å². The molecule has 0 fully saturated rings. The number of ether oxygens (including phenoxy) is 1. The minimum absolute atomic E-state index is 0.125. The van der Waals surface area contributed by atoms with Crippen LogP contribution in [0.25, 0.3) is 0 Å². The van der Waals surface area contributed by atoms with E-state index in [0.717, 1.165) is 18.5 Å². The van der Waals surface area contributed by atoms with Crippen LogP contribution >= 0.6 is 0 Å². The SMILES string of the molecule is CCOC(=O)CCCNC(C)c1ccoc1. The first kappa shape index (κ1) is 12.8. The Morgan fingerprint density at radius 3 is 3.06 bits per heavy atom. The molecule has 16 heavy (non-hydrogen) atoms. The Balaban J connectivity index is 2.09. The Morgan fingerprint density at radius 2 is 2.44 bits per heavy atom. The molecule has 0 amide bonds. The molecule has 0 spiro atoms. The first-order valence-corrected chi connectivity index (χ1v) is 5.65. The highest BCUT2D eigenvalue weighted by Crippen LogP contribution is 2.11. The van der Waals surface area contributed by atoms with Gasteiger partial charge in [0.15, 0.2) is 0 Å².